The molecule has 3 unspecified atom stereocenters. The Morgan fingerprint density at radius 3 is 2.90 bits per heavy atom. The van der Waals surface area contributed by atoms with E-state index in [1.54, 1.807) is 11.3 Å². The molecule has 21 heavy (non-hydrogen) atoms. The number of nitrogens with zero attached hydrogens (tertiary/aromatic N) is 1. The van der Waals surface area contributed by atoms with Gasteiger partial charge in [-0.25, -0.2) is 0 Å². The van der Waals surface area contributed by atoms with Gasteiger partial charge in [-0.05, 0) is 38.8 Å². The van der Waals surface area contributed by atoms with E-state index in [1.807, 2.05) is 11.8 Å². The zero-order valence-electron chi connectivity index (χ0n) is 13.0. The highest BCUT2D eigenvalue weighted by molar-refractivity contribution is 7.12. The van der Waals surface area contributed by atoms with Crippen LogP contribution in [0.15, 0.2) is 12.1 Å². The molecule has 0 spiro atoms. The Morgan fingerprint density at radius 1 is 1.52 bits per heavy atom. The maximum absolute atomic E-state index is 12.9. The van der Waals surface area contributed by atoms with Gasteiger partial charge < -0.3 is 9.64 Å². The number of amides is 1. The van der Waals surface area contributed by atoms with Crippen molar-refractivity contribution in [2.24, 2.45) is 5.92 Å². The minimum Gasteiger partial charge on any atom is -0.381 e. The second-order valence-electron chi connectivity index (χ2n) is 6.37. The van der Waals surface area contributed by atoms with E-state index >= 15 is 0 Å². The molecule has 1 aromatic rings. The number of ether oxygens (including phenoxy) is 1. The number of carbonyl (C=O) groups is 1. The molecule has 0 bridgehead atoms. The molecule has 5 heteroatoms. The fourth-order valence-electron chi connectivity index (χ4n) is 3.15. The Kier molecular flexibility index (Phi) is 4.08. The SMILES string of the molecule is CCC1(C)NC(c2ccc(C)s2)N(CC2CCOC2)C1=O. The summed E-state index contributed by atoms with van der Waals surface area (Å²) in [6.45, 7) is 8.61. The number of rotatable bonds is 4. The molecule has 0 radical (unpaired) electrons. The summed E-state index contributed by atoms with van der Waals surface area (Å²) in [7, 11) is 0. The van der Waals surface area contributed by atoms with Crippen molar-refractivity contribution < 1.29 is 9.53 Å². The summed E-state index contributed by atoms with van der Waals surface area (Å²) in [5.41, 5.74) is -0.442. The second-order valence-corrected chi connectivity index (χ2v) is 7.69. The van der Waals surface area contributed by atoms with Gasteiger partial charge in [-0.3, -0.25) is 10.1 Å². The molecular formula is C16H24N2O2S. The topological polar surface area (TPSA) is 41.6 Å². The van der Waals surface area contributed by atoms with Crippen LogP contribution < -0.4 is 5.32 Å². The number of hydrogen-bond acceptors (Lipinski definition) is 4. The summed E-state index contributed by atoms with van der Waals surface area (Å²) in [6.07, 6.45) is 1.88. The van der Waals surface area contributed by atoms with Crippen LogP contribution in [0.5, 0.6) is 0 Å². The first-order chi connectivity index (χ1) is 10.0. The van der Waals surface area contributed by atoms with Gasteiger partial charge in [0, 0.05) is 28.8 Å². The fraction of sp³-hybridized carbons (Fsp3) is 0.688. The van der Waals surface area contributed by atoms with E-state index < -0.39 is 5.54 Å². The highest BCUT2D eigenvalue weighted by atomic mass is 32.1. The van der Waals surface area contributed by atoms with Gasteiger partial charge in [-0.2, -0.15) is 0 Å². The molecule has 3 atom stereocenters. The molecule has 4 nitrogen and oxygen atoms in total. The standard InChI is InChI=1S/C16H24N2O2S/c1-4-16(3)15(19)18(9-12-7-8-20-10-12)14(17-16)13-6-5-11(2)21-13/h5-6,12,14,17H,4,7-10H2,1-3H3. The lowest BCUT2D eigenvalue weighted by atomic mass is 9.99. The maximum Gasteiger partial charge on any atom is 0.244 e. The molecule has 3 heterocycles. The highest BCUT2D eigenvalue weighted by Gasteiger charge is 2.48. The van der Waals surface area contributed by atoms with Crippen molar-refractivity contribution in [2.75, 3.05) is 19.8 Å². The van der Waals surface area contributed by atoms with Crippen LogP contribution in [0, 0.1) is 12.8 Å². The molecule has 1 aromatic heterocycles. The molecule has 1 N–H and O–H groups in total. The van der Waals surface area contributed by atoms with E-state index in [0.717, 1.165) is 32.6 Å². The fourth-order valence-corrected chi connectivity index (χ4v) is 4.09. The van der Waals surface area contributed by atoms with Crippen LogP contribution in [-0.2, 0) is 9.53 Å². The van der Waals surface area contributed by atoms with Crippen molar-refractivity contribution >= 4 is 17.2 Å². The summed E-state index contributed by atoms with van der Waals surface area (Å²) in [4.78, 5) is 17.4. The molecule has 2 fully saturated rings. The monoisotopic (exact) mass is 308 g/mol. The van der Waals surface area contributed by atoms with Crippen molar-refractivity contribution in [3.05, 3.63) is 21.9 Å². The molecule has 0 aliphatic carbocycles. The van der Waals surface area contributed by atoms with Crippen LogP contribution in [0.3, 0.4) is 0 Å². The molecule has 1 amide bonds. The third kappa shape index (κ3) is 2.74. The number of hydrogen-bond donors (Lipinski definition) is 1. The maximum atomic E-state index is 12.9. The Labute approximate surface area is 130 Å². The van der Waals surface area contributed by atoms with E-state index in [4.69, 9.17) is 4.74 Å². The minimum absolute atomic E-state index is 0.0155. The van der Waals surface area contributed by atoms with Gasteiger partial charge in [0.25, 0.3) is 0 Å². The van der Waals surface area contributed by atoms with Gasteiger partial charge in [-0.1, -0.05) is 6.92 Å². The first kappa shape index (κ1) is 15.0. The quantitative estimate of drug-likeness (QED) is 0.930. The van der Waals surface area contributed by atoms with Crippen LogP contribution in [0.25, 0.3) is 0 Å². The molecule has 2 aliphatic rings. The van der Waals surface area contributed by atoms with Gasteiger partial charge in [0.15, 0.2) is 0 Å². The predicted octanol–water partition coefficient (Wildman–Crippen LogP) is 2.69. The average Bonchev–Trinajstić information content (AvgIpc) is 3.17. The van der Waals surface area contributed by atoms with Gasteiger partial charge in [0.05, 0.1) is 12.1 Å². The Balaban J connectivity index is 1.85. The average molecular weight is 308 g/mol. The zero-order valence-corrected chi connectivity index (χ0v) is 13.8. The number of carbonyl (C=O) groups excluding carboxylic acids is 1. The molecular weight excluding hydrogens is 284 g/mol. The zero-order chi connectivity index (χ0) is 15.0. The van der Waals surface area contributed by atoms with Crippen molar-refractivity contribution in [1.82, 2.24) is 10.2 Å². The molecule has 3 rings (SSSR count). The smallest absolute Gasteiger partial charge is 0.244 e. The molecule has 116 valence electrons. The highest BCUT2D eigenvalue weighted by Crippen LogP contribution is 2.36. The normalized spacial score (nSPS) is 33.1. The van der Waals surface area contributed by atoms with Gasteiger partial charge in [0.1, 0.15) is 6.17 Å². The minimum atomic E-state index is -0.442. The van der Waals surface area contributed by atoms with Crippen LogP contribution in [0.1, 0.15) is 42.6 Å². The summed E-state index contributed by atoms with van der Waals surface area (Å²) in [5.74, 6) is 0.700. The number of thiophene rings is 1. The lowest BCUT2D eigenvalue weighted by Gasteiger charge is -2.26. The van der Waals surface area contributed by atoms with Crippen molar-refractivity contribution in [2.45, 2.75) is 45.3 Å². The number of aryl methyl sites for hydroxylation is 1. The van der Waals surface area contributed by atoms with Gasteiger partial charge in [-0.15, -0.1) is 11.3 Å². The predicted molar refractivity (Wildman–Crippen MR) is 84.3 cm³/mol. The van der Waals surface area contributed by atoms with Gasteiger partial charge in [0.2, 0.25) is 5.91 Å². The van der Waals surface area contributed by atoms with Crippen molar-refractivity contribution in [3.63, 3.8) is 0 Å². The summed E-state index contributed by atoms with van der Waals surface area (Å²) in [6, 6.07) is 4.27. The van der Waals surface area contributed by atoms with Crippen molar-refractivity contribution in [3.8, 4) is 0 Å². The Hall–Kier alpha value is -0.910. The van der Waals surface area contributed by atoms with Crippen LogP contribution >= 0.6 is 11.3 Å². The van der Waals surface area contributed by atoms with E-state index in [2.05, 4.69) is 31.3 Å². The lowest BCUT2D eigenvalue weighted by Crippen LogP contribution is -2.43. The Bertz CT molecular complexity index is 524. The molecule has 0 aromatic carbocycles. The molecule has 2 saturated heterocycles. The van der Waals surface area contributed by atoms with Crippen LogP contribution in [-0.4, -0.2) is 36.1 Å². The molecule has 2 aliphatic heterocycles. The van der Waals surface area contributed by atoms with E-state index in [0.29, 0.717) is 5.92 Å². The van der Waals surface area contributed by atoms with E-state index in [9.17, 15) is 4.79 Å². The largest absolute Gasteiger partial charge is 0.381 e. The number of nitrogens with one attached hydrogen (secondary N) is 1. The summed E-state index contributed by atoms with van der Waals surface area (Å²) in [5, 5.41) is 3.57. The van der Waals surface area contributed by atoms with Crippen molar-refractivity contribution in [1.29, 1.82) is 0 Å². The second kappa shape index (κ2) is 5.71. The van der Waals surface area contributed by atoms with Crippen LogP contribution in [0.4, 0.5) is 0 Å². The third-order valence-electron chi connectivity index (χ3n) is 4.72. The lowest BCUT2D eigenvalue weighted by molar-refractivity contribution is -0.133. The first-order valence-corrected chi connectivity index (χ1v) is 8.58. The first-order valence-electron chi connectivity index (χ1n) is 7.76. The van der Waals surface area contributed by atoms with E-state index in [1.165, 1.54) is 9.75 Å². The molecule has 0 saturated carbocycles. The van der Waals surface area contributed by atoms with Gasteiger partial charge >= 0.3 is 0 Å². The Morgan fingerprint density at radius 2 is 2.33 bits per heavy atom. The summed E-state index contributed by atoms with van der Waals surface area (Å²) >= 11 is 1.77. The third-order valence-corrected chi connectivity index (χ3v) is 5.77. The summed E-state index contributed by atoms with van der Waals surface area (Å²) < 4.78 is 5.47. The van der Waals surface area contributed by atoms with Crippen LogP contribution in [0.2, 0.25) is 0 Å². The van der Waals surface area contributed by atoms with E-state index in [-0.39, 0.29) is 12.1 Å².